The van der Waals surface area contributed by atoms with Gasteiger partial charge in [0.1, 0.15) is 6.61 Å². The number of carbonyl (C=O) groups excluding carboxylic acids is 2. The first-order valence-electron chi connectivity index (χ1n) is 10.8. The summed E-state index contributed by atoms with van der Waals surface area (Å²) < 4.78 is 10.6. The second-order valence-corrected chi connectivity index (χ2v) is 7.28. The molecule has 0 aliphatic carbocycles. The predicted octanol–water partition coefficient (Wildman–Crippen LogP) is 4.11. The van der Waals surface area contributed by atoms with Crippen molar-refractivity contribution in [3.63, 3.8) is 0 Å². The number of ketones is 1. The minimum atomic E-state index is -1.21. The van der Waals surface area contributed by atoms with Gasteiger partial charge in [0.2, 0.25) is 0 Å². The van der Waals surface area contributed by atoms with Crippen LogP contribution in [0.25, 0.3) is 0 Å². The second-order valence-electron chi connectivity index (χ2n) is 7.28. The fourth-order valence-electron chi connectivity index (χ4n) is 3.81. The van der Waals surface area contributed by atoms with Crippen LogP contribution < -0.4 is 5.32 Å². The van der Waals surface area contributed by atoms with E-state index in [9.17, 15) is 9.59 Å². The number of hydrogen-bond donors (Lipinski definition) is 1. The molecule has 0 aliphatic heterocycles. The van der Waals surface area contributed by atoms with Crippen molar-refractivity contribution in [2.45, 2.75) is 25.4 Å². The predicted molar refractivity (Wildman–Crippen MR) is 124 cm³/mol. The van der Waals surface area contributed by atoms with E-state index in [1.54, 1.807) is 6.92 Å². The first-order chi connectivity index (χ1) is 15.6. The van der Waals surface area contributed by atoms with Gasteiger partial charge in [-0.1, -0.05) is 91.0 Å². The van der Waals surface area contributed by atoms with Gasteiger partial charge in [-0.3, -0.25) is 10.1 Å². The van der Waals surface area contributed by atoms with Crippen molar-refractivity contribution >= 4 is 11.8 Å². The first-order valence-corrected chi connectivity index (χ1v) is 10.8. The van der Waals surface area contributed by atoms with Crippen molar-refractivity contribution in [2.24, 2.45) is 0 Å². The zero-order valence-electron chi connectivity index (χ0n) is 18.5. The van der Waals surface area contributed by atoms with Gasteiger partial charge in [-0.2, -0.15) is 0 Å². The highest BCUT2D eigenvalue weighted by Gasteiger charge is 2.42. The molecule has 166 valence electrons. The molecular formula is C27H29NO4. The van der Waals surface area contributed by atoms with E-state index in [2.05, 4.69) is 5.32 Å². The molecule has 0 radical (unpaired) electrons. The van der Waals surface area contributed by atoms with Gasteiger partial charge in [0.25, 0.3) is 0 Å². The number of ether oxygens (including phenoxy) is 2. The van der Waals surface area contributed by atoms with E-state index in [4.69, 9.17) is 9.47 Å². The maximum Gasteiger partial charge on any atom is 0.331 e. The molecule has 32 heavy (non-hydrogen) atoms. The number of hydrogen-bond acceptors (Lipinski definition) is 5. The quantitative estimate of drug-likeness (QED) is 0.281. The van der Waals surface area contributed by atoms with Gasteiger partial charge in [0, 0.05) is 6.61 Å². The molecule has 3 rings (SSSR count). The van der Waals surface area contributed by atoms with E-state index in [0.717, 1.165) is 16.7 Å². The first kappa shape index (κ1) is 23.4. The third-order valence-electron chi connectivity index (χ3n) is 5.27. The molecule has 0 aliphatic rings. The van der Waals surface area contributed by atoms with E-state index in [0.29, 0.717) is 6.61 Å². The molecule has 1 atom stereocenters. The minimum Gasteiger partial charge on any atom is -0.464 e. The fourth-order valence-corrected chi connectivity index (χ4v) is 3.81. The number of esters is 1. The summed E-state index contributed by atoms with van der Waals surface area (Å²) in [5.41, 5.74) is 1.73. The Morgan fingerprint density at radius 1 is 0.750 bits per heavy atom. The van der Waals surface area contributed by atoms with Gasteiger partial charge in [-0.15, -0.1) is 0 Å². The van der Waals surface area contributed by atoms with Crippen molar-refractivity contribution in [3.8, 4) is 0 Å². The smallest absolute Gasteiger partial charge is 0.331 e. The van der Waals surface area contributed by atoms with Crippen molar-refractivity contribution in [1.29, 1.82) is 0 Å². The van der Waals surface area contributed by atoms with Crippen LogP contribution in [-0.2, 0) is 24.6 Å². The molecule has 0 bridgehead atoms. The summed E-state index contributed by atoms with van der Waals surface area (Å²) in [6.45, 7) is 3.90. The molecule has 0 aromatic heterocycles. The molecule has 0 saturated heterocycles. The lowest BCUT2D eigenvalue weighted by atomic mass is 9.76. The van der Waals surface area contributed by atoms with E-state index < -0.39 is 17.6 Å². The van der Waals surface area contributed by atoms with E-state index in [-0.39, 0.29) is 19.0 Å². The van der Waals surface area contributed by atoms with Crippen LogP contribution in [0.5, 0.6) is 0 Å². The molecular weight excluding hydrogens is 402 g/mol. The van der Waals surface area contributed by atoms with Crippen LogP contribution in [0.2, 0.25) is 0 Å². The summed E-state index contributed by atoms with van der Waals surface area (Å²) >= 11 is 0. The average Bonchev–Trinajstić information content (AvgIpc) is 2.85. The molecule has 1 unspecified atom stereocenters. The Morgan fingerprint density at radius 3 is 1.56 bits per heavy atom. The van der Waals surface area contributed by atoms with Crippen LogP contribution in [0, 0.1) is 0 Å². The summed E-state index contributed by atoms with van der Waals surface area (Å²) in [4.78, 5) is 26.1. The molecule has 3 aromatic rings. The highest BCUT2D eigenvalue weighted by Crippen LogP contribution is 2.37. The maximum atomic E-state index is 13.1. The zero-order chi connectivity index (χ0) is 22.8. The molecule has 5 heteroatoms. The maximum absolute atomic E-state index is 13.1. The van der Waals surface area contributed by atoms with E-state index in [1.165, 1.54) is 0 Å². The average molecular weight is 432 g/mol. The Bertz CT molecular complexity index is 893. The topological polar surface area (TPSA) is 64.6 Å². The van der Waals surface area contributed by atoms with Gasteiger partial charge in [-0.05, 0) is 30.5 Å². The Kier molecular flexibility index (Phi) is 8.31. The van der Waals surface area contributed by atoms with Gasteiger partial charge in [0.15, 0.2) is 11.8 Å². The molecule has 0 spiro atoms. The summed E-state index contributed by atoms with van der Waals surface area (Å²) in [7, 11) is 0. The van der Waals surface area contributed by atoms with Crippen LogP contribution >= 0.6 is 0 Å². The third kappa shape index (κ3) is 5.13. The molecule has 3 aromatic carbocycles. The molecule has 0 fully saturated rings. The van der Waals surface area contributed by atoms with Crippen LogP contribution in [0.3, 0.4) is 0 Å². The van der Waals surface area contributed by atoms with Crippen molar-refractivity contribution in [2.75, 3.05) is 19.8 Å². The van der Waals surface area contributed by atoms with Crippen LogP contribution in [-0.4, -0.2) is 37.6 Å². The minimum absolute atomic E-state index is 0.175. The Morgan fingerprint density at radius 2 is 1.19 bits per heavy atom. The zero-order valence-corrected chi connectivity index (χ0v) is 18.5. The van der Waals surface area contributed by atoms with E-state index in [1.807, 2.05) is 97.9 Å². The van der Waals surface area contributed by atoms with Crippen LogP contribution in [0.4, 0.5) is 0 Å². The normalized spacial score (nSPS) is 12.2. The van der Waals surface area contributed by atoms with Crippen molar-refractivity contribution in [1.82, 2.24) is 5.32 Å². The molecule has 0 saturated carbocycles. The van der Waals surface area contributed by atoms with E-state index >= 15 is 0 Å². The number of Topliss-reactive ketones (excluding diaryl/α,β-unsaturated/α-hetero) is 1. The lowest BCUT2D eigenvalue weighted by Crippen LogP contribution is -2.56. The second kappa shape index (κ2) is 11.4. The number of nitrogens with one attached hydrogen (secondary N) is 1. The monoisotopic (exact) mass is 431 g/mol. The van der Waals surface area contributed by atoms with Gasteiger partial charge in [-0.25, -0.2) is 4.79 Å². The number of rotatable bonds is 11. The Hall–Kier alpha value is -3.28. The van der Waals surface area contributed by atoms with Gasteiger partial charge >= 0.3 is 5.97 Å². The largest absolute Gasteiger partial charge is 0.464 e. The van der Waals surface area contributed by atoms with Crippen LogP contribution in [0.1, 0.15) is 30.5 Å². The van der Waals surface area contributed by atoms with Gasteiger partial charge < -0.3 is 9.47 Å². The summed E-state index contributed by atoms with van der Waals surface area (Å²) in [5, 5.41) is 3.41. The fraction of sp³-hybridized carbons (Fsp3) is 0.259. The Balaban J connectivity index is 2.22. The standard InChI is InChI=1S/C27H29NO4/c1-3-31-20-24(29)25(26(30)32-4-2)28-27(21-14-8-5-9-15-21,22-16-10-6-11-17-22)23-18-12-7-13-19-23/h5-19,25,28H,3-4,20H2,1-2H3. The molecule has 0 heterocycles. The SMILES string of the molecule is CCOCC(=O)C(NC(c1ccccc1)(c1ccccc1)c1ccccc1)C(=O)OCC. The lowest BCUT2D eigenvalue weighted by Gasteiger charge is -2.39. The highest BCUT2D eigenvalue weighted by atomic mass is 16.5. The molecule has 0 amide bonds. The molecule has 1 N–H and O–H groups in total. The number of benzene rings is 3. The van der Waals surface area contributed by atoms with Gasteiger partial charge in [0.05, 0.1) is 12.1 Å². The summed E-state index contributed by atoms with van der Waals surface area (Å²) in [6.07, 6.45) is 0. The van der Waals surface area contributed by atoms with Crippen molar-refractivity contribution in [3.05, 3.63) is 108 Å². The lowest BCUT2D eigenvalue weighted by molar-refractivity contribution is -0.150. The summed E-state index contributed by atoms with van der Waals surface area (Å²) in [5.74, 6) is -0.998. The van der Waals surface area contributed by atoms with Crippen LogP contribution in [0.15, 0.2) is 91.0 Å². The number of carbonyl (C=O) groups is 2. The third-order valence-corrected chi connectivity index (χ3v) is 5.27. The summed E-state index contributed by atoms with van der Waals surface area (Å²) in [6, 6.07) is 28.2. The Labute approximate surface area is 189 Å². The van der Waals surface area contributed by atoms with Crippen molar-refractivity contribution < 1.29 is 19.1 Å². The molecule has 5 nitrogen and oxygen atoms in total. The highest BCUT2D eigenvalue weighted by molar-refractivity contribution is 6.04.